The monoisotopic (exact) mass is 381 g/mol. The van der Waals surface area contributed by atoms with Crippen LogP contribution in [-0.4, -0.2) is 52.8 Å². The zero-order valence-electron chi connectivity index (χ0n) is 16.1. The number of rotatable bonds is 5. The van der Waals surface area contributed by atoms with Gasteiger partial charge in [-0.15, -0.1) is 0 Å². The molecule has 5 amide bonds. The molecule has 2 aliphatic rings. The maximum atomic E-state index is 12.5. The van der Waals surface area contributed by atoms with Crippen molar-refractivity contribution in [1.82, 2.24) is 15.5 Å². The maximum Gasteiger partial charge on any atom is 0.329 e. The van der Waals surface area contributed by atoms with Crippen LogP contribution in [0.4, 0.5) is 4.79 Å². The molecule has 1 saturated heterocycles. The molecule has 150 valence electrons. The van der Waals surface area contributed by atoms with Gasteiger partial charge in [0.2, 0.25) is 11.8 Å². The van der Waals surface area contributed by atoms with Crippen LogP contribution >= 0.6 is 0 Å². The number of imide groups is 2. The summed E-state index contributed by atoms with van der Waals surface area (Å²) in [6.45, 7) is 6.19. The number of nitrogens with zero attached hydrogens (tertiary/aromatic N) is 1. The number of hydrogen-bond donors (Lipinski definition) is 2. The number of nitrogens with one attached hydrogen (secondary N) is 2. The molecular formula is C18H27N3O6. The molecule has 9 nitrogen and oxygen atoms in total. The van der Waals surface area contributed by atoms with Crippen molar-refractivity contribution in [3.63, 3.8) is 0 Å². The van der Waals surface area contributed by atoms with Gasteiger partial charge in [0, 0.05) is 6.04 Å². The molecule has 1 saturated carbocycles. The number of fused-ring (bicyclic) bond motifs is 1. The number of likely N-dealkylation sites (tertiary alicyclic amines) is 1. The van der Waals surface area contributed by atoms with Gasteiger partial charge in [-0.2, -0.15) is 0 Å². The van der Waals surface area contributed by atoms with Crippen molar-refractivity contribution in [2.24, 2.45) is 11.8 Å². The van der Waals surface area contributed by atoms with Crippen LogP contribution in [0.1, 0.15) is 53.4 Å². The fraction of sp³-hybridized carbons (Fsp3) is 0.722. The highest BCUT2D eigenvalue weighted by Gasteiger charge is 2.51. The lowest BCUT2D eigenvalue weighted by atomic mass is 9.81. The van der Waals surface area contributed by atoms with Gasteiger partial charge in [-0.3, -0.25) is 24.6 Å². The predicted octanol–water partition coefficient (Wildman–Crippen LogP) is 0.716. The maximum absolute atomic E-state index is 12.5. The van der Waals surface area contributed by atoms with E-state index >= 15 is 0 Å². The number of amides is 5. The van der Waals surface area contributed by atoms with Crippen molar-refractivity contribution in [2.45, 2.75) is 71.6 Å². The number of ether oxygens (including phenoxy) is 1. The van der Waals surface area contributed by atoms with Crippen molar-refractivity contribution in [2.75, 3.05) is 0 Å². The zero-order valence-corrected chi connectivity index (χ0v) is 16.1. The molecule has 27 heavy (non-hydrogen) atoms. The van der Waals surface area contributed by atoms with Crippen LogP contribution in [0.5, 0.6) is 0 Å². The summed E-state index contributed by atoms with van der Waals surface area (Å²) in [7, 11) is 0. The first-order valence-electron chi connectivity index (χ1n) is 9.32. The van der Waals surface area contributed by atoms with E-state index in [1.54, 1.807) is 13.8 Å². The van der Waals surface area contributed by atoms with E-state index in [1.165, 1.54) is 13.8 Å². The molecular weight excluding hydrogens is 354 g/mol. The average Bonchev–Trinajstić information content (AvgIpc) is 2.84. The average molecular weight is 381 g/mol. The Morgan fingerprint density at radius 3 is 2.00 bits per heavy atom. The Hall–Kier alpha value is -2.45. The molecule has 2 fully saturated rings. The van der Waals surface area contributed by atoms with E-state index in [4.69, 9.17) is 4.74 Å². The summed E-state index contributed by atoms with van der Waals surface area (Å²) in [5.41, 5.74) is 0. The van der Waals surface area contributed by atoms with E-state index in [9.17, 15) is 24.0 Å². The van der Waals surface area contributed by atoms with Crippen LogP contribution in [-0.2, 0) is 23.9 Å². The number of hydrogen-bond acceptors (Lipinski definition) is 6. The van der Waals surface area contributed by atoms with Crippen molar-refractivity contribution in [1.29, 1.82) is 0 Å². The lowest BCUT2D eigenvalue weighted by Crippen LogP contribution is -2.49. The first kappa shape index (κ1) is 20.9. The summed E-state index contributed by atoms with van der Waals surface area (Å²) >= 11 is 0. The molecule has 0 bridgehead atoms. The van der Waals surface area contributed by atoms with Crippen LogP contribution in [0.3, 0.4) is 0 Å². The number of carbonyl (C=O) groups excluding carboxylic acids is 5. The topological polar surface area (TPSA) is 122 Å². The number of carbonyl (C=O) groups is 5. The van der Waals surface area contributed by atoms with Crippen molar-refractivity contribution in [3.8, 4) is 0 Å². The number of urea groups is 1. The SMILES string of the molecule is CC(C)NC(=O)NC(=O)[C@H](C)OC(=O)[C@H](C)N1C(=O)[C@H]2CCCC[C@H]2C1=O. The standard InChI is InChI=1S/C18H27N3O6/c1-9(2)19-18(26)20-14(22)11(4)27-17(25)10(3)21-15(23)12-7-5-6-8-13(12)16(21)24/h9-13H,5-8H2,1-4H3,(H2,19,20,22,26)/t10-,11-,12-,13+/m0/s1. The van der Waals surface area contributed by atoms with Gasteiger partial charge in [0.05, 0.1) is 11.8 Å². The largest absolute Gasteiger partial charge is 0.451 e. The van der Waals surface area contributed by atoms with Gasteiger partial charge in [0.1, 0.15) is 6.04 Å². The fourth-order valence-electron chi connectivity index (χ4n) is 3.51. The minimum Gasteiger partial charge on any atom is -0.451 e. The normalized spacial score (nSPS) is 24.3. The molecule has 0 aromatic rings. The molecule has 9 heteroatoms. The van der Waals surface area contributed by atoms with Gasteiger partial charge in [0.25, 0.3) is 5.91 Å². The molecule has 0 spiro atoms. The quantitative estimate of drug-likeness (QED) is 0.534. The summed E-state index contributed by atoms with van der Waals surface area (Å²) in [5, 5.41) is 4.55. The Morgan fingerprint density at radius 1 is 1.00 bits per heavy atom. The van der Waals surface area contributed by atoms with Gasteiger partial charge in [-0.1, -0.05) is 12.8 Å². The third-order valence-electron chi connectivity index (χ3n) is 4.92. The smallest absolute Gasteiger partial charge is 0.329 e. The second-order valence-corrected chi connectivity index (χ2v) is 7.42. The van der Waals surface area contributed by atoms with Gasteiger partial charge >= 0.3 is 12.0 Å². The van der Waals surface area contributed by atoms with Crippen molar-refractivity contribution >= 4 is 29.7 Å². The van der Waals surface area contributed by atoms with E-state index < -0.39 is 30.1 Å². The molecule has 1 aliphatic carbocycles. The summed E-state index contributed by atoms with van der Waals surface area (Å²) < 4.78 is 5.07. The fourth-order valence-corrected chi connectivity index (χ4v) is 3.51. The van der Waals surface area contributed by atoms with Crippen molar-refractivity contribution in [3.05, 3.63) is 0 Å². The molecule has 0 radical (unpaired) electrons. The predicted molar refractivity (Wildman–Crippen MR) is 94.1 cm³/mol. The Bertz CT molecular complexity index is 623. The highest BCUT2D eigenvalue weighted by molar-refractivity contribution is 6.08. The van der Waals surface area contributed by atoms with E-state index in [0.717, 1.165) is 17.7 Å². The molecule has 0 aromatic carbocycles. The molecule has 2 rings (SSSR count). The highest BCUT2D eigenvalue weighted by Crippen LogP contribution is 2.38. The zero-order chi connectivity index (χ0) is 20.3. The third-order valence-corrected chi connectivity index (χ3v) is 4.92. The van der Waals surface area contributed by atoms with E-state index in [1.807, 2.05) is 0 Å². The minimum absolute atomic E-state index is 0.161. The molecule has 2 N–H and O–H groups in total. The molecule has 0 aromatic heterocycles. The first-order valence-corrected chi connectivity index (χ1v) is 9.32. The van der Waals surface area contributed by atoms with Crippen LogP contribution in [0.25, 0.3) is 0 Å². The highest BCUT2D eigenvalue weighted by atomic mass is 16.5. The Morgan fingerprint density at radius 2 is 1.52 bits per heavy atom. The summed E-state index contributed by atoms with van der Waals surface area (Å²) in [6, 6.07) is -1.97. The first-order chi connectivity index (χ1) is 12.6. The second kappa shape index (κ2) is 8.49. The molecule has 0 unspecified atom stereocenters. The van der Waals surface area contributed by atoms with E-state index in [2.05, 4.69) is 10.6 Å². The van der Waals surface area contributed by atoms with Crippen LogP contribution < -0.4 is 10.6 Å². The van der Waals surface area contributed by atoms with Crippen molar-refractivity contribution < 1.29 is 28.7 Å². The summed E-state index contributed by atoms with van der Waals surface area (Å²) in [6.07, 6.45) is 1.84. The van der Waals surface area contributed by atoms with E-state index in [0.29, 0.717) is 12.8 Å². The van der Waals surface area contributed by atoms with Crippen LogP contribution in [0, 0.1) is 11.8 Å². The van der Waals surface area contributed by atoms with E-state index in [-0.39, 0.29) is 29.7 Å². The third kappa shape index (κ3) is 4.64. The minimum atomic E-state index is -1.24. The van der Waals surface area contributed by atoms with Gasteiger partial charge < -0.3 is 10.1 Å². The Kier molecular flexibility index (Phi) is 6.56. The van der Waals surface area contributed by atoms with Crippen LogP contribution in [0.2, 0.25) is 0 Å². The van der Waals surface area contributed by atoms with Crippen LogP contribution in [0.15, 0.2) is 0 Å². The van der Waals surface area contributed by atoms with Gasteiger partial charge in [-0.05, 0) is 40.5 Å². The summed E-state index contributed by atoms with van der Waals surface area (Å²) in [4.78, 5) is 61.9. The Balaban J connectivity index is 1.94. The second-order valence-electron chi connectivity index (χ2n) is 7.42. The molecule has 4 atom stereocenters. The molecule has 1 heterocycles. The molecule has 1 aliphatic heterocycles. The Labute approximate surface area is 158 Å². The lowest BCUT2D eigenvalue weighted by Gasteiger charge is -2.23. The lowest BCUT2D eigenvalue weighted by molar-refractivity contribution is -0.163. The van der Waals surface area contributed by atoms with Gasteiger partial charge in [0.15, 0.2) is 6.10 Å². The van der Waals surface area contributed by atoms with Gasteiger partial charge in [-0.25, -0.2) is 9.59 Å². The number of esters is 1. The summed E-state index contributed by atoms with van der Waals surface area (Å²) in [5.74, 6) is -3.06.